The summed E-state index contributed by atoms with van der Waals surface area (Å²) < 4.78 is 22.8. The van der Waals surface area contributed by atoms with E-state index in [1.54, 1.807) is 18.1 Å². The van der Waals surface area contributed by atoms with Crippen LogP contribution in [0.1, 0.15) is 30.5 Å². The first-order chi connectivity index (χ1) is 18.5. The van der Waals surface area contributed by atoms with E-state index in [9.17, 15) is 4.79 Å². The second-order valence-electron chi connectivity index (χ2n) is 8.52. The van der Waals surface area contributed by atoms with Crippen LogP contribution in [0.25, 0.3) is 6.08 Å². The average Bonchev–Trinajstić information content (AvgIpc) is 3.20. The van der Waals surface area contributed by atoms with Crippen molar-refractivity contribution in [2.24, 2.45) is 0 Å². The number of hydrogen-bond donors (Lipinski definition) is 1. The summed E-state index contributed by atoms with van der Waals surface area (Å²) >= 11 is 5.48. The van der Waals surface area contributed by atoms with Crippen LogP contribution in [0.4, 0.5) is 0 Å². The Morgan fingerprint density at radius 2 is 1.63 bits per heavy atom. The zero-order valence-corrected chi connectivity index (χ0v) is 22.7. The topological polar surface area (TPSA) is 69.3 Å². The number of nitrogens with one attached hydrogen (secondary N) is 1. The smallest absolute Gasteiger partial charge is 0.276 e. The highest BCUT2D eigenvalue weighted by Crippen LogP contribution is 2.29. The number of carbonyl (C=O) groups excluding carboxylic acids is 1. The molecule has 198 valence electrons. The molecule has 0 saturated carbocycles. The fraction of sp³-hybridized carbons (Fsp3) is 0.267. The average molecular weight is 533 g/mol. The molecule has 1 aliphatic heterocycles. The molecule has 0 spiro atoms. The van der Waals surface area contributed by atoms with E-state index in [0.717, 1.165) is 22.4 Å². The monoisotopic (exact) mass is 532 g/mol. The summed E-state index contributed by atoms with van der Waals surface area (Å²) in [5.41, 5.74) is 3.17. The molecule has 0 aromatic heterocycles. The molecule has 8 heteroatoms. The normalized spacial score (nSPS) is 14.0. The van der Waals surface area contributed by atoms with Gasteiger partial charge in [-0.1, -0.05) is 30.3 Å². The molecule has 1 N–H and O–H groups in total. The lowest BCUT2D eigenvalue weighted by Gasteiger charge is -2.16. The van der Waals surface area contributed by atoms with Crippen LogP contribution in [0.15, 0.2) is 72.4 Å². The number of methoxy groups -OCH3 is 1. The van der Waals surface area contributed by atoms with E-state index in [1.807, 2.05) is 80.6 Å². The minimum Gasteiger partial charge on any atom is -0.496 e. The summed E-state index contributed by atoms with van der Waals surface area (Å²) in [6, 6.07) is 21.2. The number of para-hydroxylation sites is 1. The summed E-state index contributed by atoms with van der Waals surface area (Å²) in [6.45, 7) is 5.76. The van der Waals surface area contributed by atoms with Gasteiger partial charge in [-0.05, 0) is 86.1 Å². The molecule has 0 aliphatic carbocycles. The fourth-order valence-electron chi connectivity index (χ4n) is 4.11. The maximum absolute atomic E-state index is 13.2. The molecule has 7 nitrogen and oxygen atoms in total. The molecule has 1 amide bonds. The summed E-state index contributed by atoms with van der Waals surface area (Å²) in [6.07, 6.45) is 2.42. The second-order valence-corrected chi connectivity index (χ2v) is 8.90. The highest BCUT2D eigenvalue weighted by atomic mass is 32.1. The van der Waals surface area contributed by atoms with Crippen molar-refractivity contribution >= 4 is 29.3 Å². The minimum absolute atomic E-state index is 0.163. The zero-order chi connectivity index (χ0) is 26.9. The Kier molecular flexibility index (Phi) is 9.21. The highest BCUT2D eigenvalue weighted by molar-refractivity contribution is 7.80. The van der Waals surface area contributed by atoms with Crippen molar-refractivity contribution in [3.63, 3.8) is 0 Å². The van der Waals surface area contributed by atoms with Crippen molar-refractivity contribution in [2.45, 2.75) is 26.9 Å². The Hall–Kier alpha value is -4.04. The third-order valence-electron chi connectivity index (χ3n) is 5.95. The number of amides is 1. The Bertz CT molecular complexity index is 1310. The third-order valence-corrected chi connectivity index (χ3v) is 6.27. The fourth-order valence-corrected chi connectivity index (χ4v) is 4.40. The van der Waals surface area contributed by atoms with E-state index in [1.165, 1.54) is 0 Å². The van der Waals surface area contributed by atoms with Crippen LogP contribution in [0.5, 0.6) is 23.0 Å². The highest BCUT2D eigenvalue weighted by Gasteiger charge is 2.30. The van der Waals surface area contributed by atoms with Gasteiger partial charge in [-0.2, -0.15) is 0 Å². The number of rotatable bonds is 12. The van der Waals surface area contributed by atoms with E-state index in [0.29, 0.717) is 60.8 Å². The Morgan fingerprint density at radius 1 is 0.895 bits per heavy atom. The van der Waals surface area contributed by atoms with Crippen LogP contribution >= 0.6 is 12.2 Å². The molecule has 3 aromatic carbocycles. The van der Waals surface area contributed by atoms with Crippen molar-refractivity contribution in [1.29, 1.82) is 0 Å². The molecule has 38 heavy (non-hydrogen) atoms. The van der Waals surface area contributed by atoms with Gasteiger partial charge in [0.2, 0.25) is 0 Å². The maximum atomic E-state index is 13.2. The zero-order valence-electron chi connectivity index (χ0n) is 21.9. The quantitative estimate of drug-likeness (QED) is 0.248. The lowest BCUT2D eigenvalue weighted by Crippen LogP contribution is -2.32. The van der Waals surface area contributed by atoms with Gasteiger partial charge in [0.25, 0.3) is 5.91 Å². The van der Waals surface area contributed by atoms with Crippen molar-refractivity contribution in [1.82, 2.24) is 10.2 Å². The van der Waals surface area contributed by atoms with Crippen LogP contribution in [-0.4, -0.2) is 42.8 Å². The lowest BCUT2D eigenvalue weighted by molar-refractivity contribution is -0.122. The molecule has 3 aromatic rings. The SMILES string of the molecule is CCOc1ccc(CCN2C(=O)/C(=C\c3ccc(OC)c(COc4ccccc4)c3)NC2=S)cc1OCC. The molecule has 0 atom stereocenters. The summed E-state index contributed by atoms with van der Waals surface area (Å²) in [4.78, 5) is 14.8. The Labute approximate surface area is 229 Å². The number of hydrogen-bond acceptors (Lipinski definition) is 6. The predicted molar refractivity (Wildman–Crippen MR) is 152 cm³/mol. The minimum atomic E-state index is -0.163. The predicted octanol–water partition coefficient (Wildman–Crippen LogP) is 5.37. The molecule has 0 unspecified atom stereocenters. The second kappa shape index (κ2) is 13.0. The van der Waals surface area contributed by atoms with Gasteiger partial charge in [-0.25, -0.2) is 0 Å². The van der Waals surface area contributed by atoms with Crippen LogP contribution in [-0.2, 0) is 17.8 Å². The van der Waals surface area contributed by atoms with E-state index in [2.05, 4.69) is 5.32 Å². The molecule has 0 bridgehead atoms. The van der Waals surface area contributed by atoms with Crippen molar-refractivity contribution in [2.75, 3.05) is 26.9 Å². The number of benzene rings is 3. The van der Waals surface area contributed by atoms with E-state index < -0.39 is 0 Å². The number of thiocarbonyl (C=S) groups is 1. The molecule has 0 radical (unpaired) electrons. The van der Waals surface area contributed by atoms with Gasteiger partial charge < -0.3 is 24.3 Å². The van der Waals surface area contributed by atoms with Gasteiger partial charge in [0.05, 0.1) is 20.3 Å². The van der Waals surface area contributed by atoms with E-state index in [4.69, 9.17) is 31.2 Å². The molecular formula is C30H32N2O5S. The summed E-state index contributed by atoms with van der Waals surface area (Å²) in [7, 11) is 1.62. The van der Waals surface area contributed by atoms with Crippen molar-refractivity contribution in [3.05, 3.63) is 89.1 Å². The molecule has 1 aliphatic rings. The molecule has 1 heterocycles. The van der Waals surface area contributed by atoms with Crippen LogP contribution in [0.2, 0.25) is 0 Å². The number of nitrogens with zero attached hydrogens (tertiary/aromatic N) is 1. The standard InChI is InChI=1S/C30H32N2O5S/c1-4-35-27-14-11-21(19-28(27)36-5-2)15-16-32-29(33)25(31-30(32)38)18-22-12-13-26(34-3)23(17-22)20-37-24-9-7-6-8-10-24/h6-14,17-19H,4-5,15-16,20H2,1-3H3,(H,31,38)/b25-18+. The summed E-state index contributed by atoms with van der Waals surface area (Å²) in [5, 5.41) is 3.45. The van der Waals surface area contributed by atoms with Crippen molar-refractivity contribution in [3.8, 4) is 23.0 Å². The number of carbonyl (C=O) groups is 1. The summed E-state index contributed by atoms with van der Waals surface area (Å²) in [5.74, 6) is 2.74. The molecule has 1 saturated heterocycles. The Balaban J connectivity index is 1.45. The first-order valence-electron chi connectivity index (χ1n) is 12.6. The van der Waals surface area contributed by atoms with Crippen LogP contribution < -0.4 is 24.3 Å². The first-order valence-corrected chi connectivity index (χ1v) is 13.0. The maximum Gasteiger partial charge on any atom is 0.276 e. The largest absolute Gasteiger partial charge is 0.496 e. The Morgan fingerprint density at radius 3 is 2.37 bits per heavy atom. The van der Waals surface area contributed by atoms with Gasteiger partial charge in [-0.15, -0.1) is 0 Å². The van der Waals surface area contributed by atoms with Gasteiger partial charge in [0.1, 0.15) is 23.8 Å². The van der Waals surface area contributed by atoms with Gasteiger partial charge in [0.15, 0.2) is 16.6 Å². The molecule has 4 rings (SSSR count). The van der Waals surface area contributed by atoms with Gasteiger partial charge in [0, 0.05) is 12.1 Å². The number of ether oxygens (including phenoxy) is 4. The third kappa shape index (κ3) is 6.63. The van der Waals surface area contributed by atoms with Gasteiger partial charge >= 0.3 is 0 Å². The lowest BCUT2D eigenvalue weighted by atomic mass is 10.1. The molecular weight excluding hydrogens is 500 g/mol. The van der Waals surface area contributed by atoms with Crippen LogP contribution in [0.3, 0.4) is 0 Å². The van der Waals surface area contributed by atoms with Crippen molar-refractivity contribution < 1.29 is 23.7 Å². The first kappa shape index (κ1) is 27.0. The van der Waals surface area contributed by atoms with E-state index >= 15 is 0 Å². The van der Waals surface area contributed by atoms with E-state index in [-0.39, 0.29) is 5.91 Å². The molecule has 1 fully saturated rings. The van der Waals surface area contributed by atoms with Crippen LogP contribution in [0, 0.1) is 0 Å². The van der Waals surface area contributed by atoms with Gasteiger partial charge in [-0.3, -0.25) is 9.69 Å².